The van der Waals surface area contributed by atoms with Crippen molar-refractivity contribution in [3.63, 3.8) is 0 Å². The Hall–Kier alpha value is -1.59. The minimum atomic E-state index is -0.265. The van der Waals surface area contributed by atoms with E-state index in [-0.39, 0.29) is 18.2 Å². The van der Waals surface area contributed by atoms with Crippen LogP contribution >= 0.6 is 0 Å². The Labute approximate surface area is 151 Å². The minimum absolute atomic E-state index is 0.0746. The van der Waals surface area contributed by atoms with Gasteiger partial charge >= 0.3 is 6.03 Å². The molecule has 0 spiro atoms. The summed E-state index contributed by atoms with van der Waals surface area (Å²) in [6, 6.07) is 10.9. The minimum Gasteiger partial charge on any atom is -0.393 e. The van der Waals surface area contributed by atoms with E-state index < -0.39 is 0 Å². The molecule has 2 aliphatic heterocycles. The summed E-state index contributed by atoms with van der Waals surface area (Å²) in [6.07, 6.45) is 3.58. The Bertz CT molecular complexity index is 533. The van der Waals surface area contributed by atoms with Gasteiger partial charge in [0.25, 0.3) is 0 Å². The number of nitrogens with one attached hydrogen (secondary N) is 1. The molecule has 1 unspecified atom stereocenters. The molecule has 0 aliphatic carbocycles. The smallest absolute Gasteiger partial charge is 0.317 e. The number of carbonyl (C=O) groups is 1. The molecule has 0 aromatic heterocycles. The summed E-state index contributed by atoms with van der Waals surface area (Å²) in [5.41, 5.74) is 1.35. The number of aliphatic hydroxyl groups is 1. The Balaban J connectivity index is 1.38. The first-order chi connectivity index (χ1) is 12.1. The number of nitrogens with zero attached hydrogens (tertiary/aromatic N) is 2. The molecule has 1 aromatic rings. The van der Waals surface area contributed by atoms with Crippen LogP contribution in [-0.4, -0.2) is 59.3 Å². The van der Waals surface area contributed by atoms with Crippen molar-refractivity contribution in [2.24, 2.45) is 5.92 Å². The van der Waals surface area contributed by atoms with Crippen molar-refractivity contribution < 1.29 is 9.90 Å². The molecule has 25 heavy (non-hydrogen) atoms. The Kier molecular flexibility index (Phi) is 6.32. The number of hydrogen-bond donors (Lipinski definition) is 2. The fraction of sp³-hybridized carbons (Fsp3) is 0.650. The summed E-state index contributed by atoms with van der Waals surface area (Å²) in [6.45, 7) is 6.42. The van der Waals surface area contributed by atoms with Crippen LogP contribution in [0.5, 0.6) is 0 Å². The molecule has 2 N–H and O–H groups in total. The van der Waals surface area contributed by atoms with Crippen LogP contribution in [0.15, 0.2) is 30.3 Å². The number of amides is 2. The lowest BCUT2D eigenvalue weighted by Crippen LogP contribution is -2.51. The molecular formula is C20H31N3O2. The highest BCUT2D eigenvalue weighted by Gasteiger charge is 2.27. The molecule has 2 amide bonds. The van der Waals surface area contributed by atoms with E-state index in [4.69, 9.17) is 0 Å². The van der Waals surface area contributed by atoms with Crippen LogP contribution in [0.4, 0.5) is 4.79 Å². The van der Waals surface area contributed by atoms with E-state index in [0.29, 0.717) is 5.92 Å². The van der Waals surface area contributed by atoms with E-state index in [0.717, 1.165) is 58.4 Å². The van der Waals surface area contributed by atoms with Gasteiger partial charge in [-0.05, 0) is 44.1 Å². The van der Waals surface area contributed by atoms with Gasteiger partial charge in [0.05, 0.1) is 6.10 Å². The summed E-state index contributed by atoms with van der Waals surface area (Å²) < 4.78 is 0. The fourth-order valence-corrected chi connectivity index (χ4v) is 3.93. The second kappa shape index (κ2) is 8.68. The normalized spacial score (nSPS) is 21.9. The molecule has 5 nitrogen and oxygen atoms in total. The molecule has 5 heteroatoms. The lowest BCUT2D eigenvalue weighted by atomic mass is 9.92. The lowest BCUT2D eigenvalue weighted by Gasteiger charge is -2.36. The predicted molar refractivity (Wildman–Crippen MR) is 99.3 cm³/mol. The number of likely N-dealkylation sites (tertiary alicyclic amines) is 2. The maximum absolute atomic E-state index is 12.5. The third-order valence-electron chi connectivity index (χ3n) is 5.67. The Morgan fingerprint density at radius 3 is 2.36 bits per heavy atom. The SMILES string of the molecule is CC(O)C1CCN(C(=O)NC2CCN(Cc3ccccc3)CC2)CC1. The van der Waals surface area contributed by atoms with E-state index in [9.17, 15) is 9.90 Å². The number of rotatable bonds is 4. The van der Waals surface area contributed by atoms with Gasteiger partial charge in [0.15, 0.2) is 0 Å². The molecule has 2 saturated heterocycles. The second-order valence-corrected chi connectivity index (χ2v) is 7.55. The summed E-state index contributed by atoms with van der Waals surface area (Å²) in [7, 11) is 0. The largest absolute Gasteiger partial charge is 0.393 e. The standard InChI is InChI=1S/C20H31N3O2/c1-16(24)18-7-13-23(14-8-18)20(25)21-19-9-11-22(12-10-19)15-17-5-3-2-4-6-17/h2-6,16,18-19,24H,7-15H2,1H3,(H,21,25). The van der Waals surface area contributed by atoms with Crippen molar-refractivity contribution in [3.8, 4) is 0 Å². The van der Waals surface area contributed by atoms with E-state index in [1.807, 2.05) is 11.8 Å². The molecule has 2 heterocycles. The van der Waals surface area contributed by atoms with Crippen LogP contribution in [0, 0.1) is 5.92 Å². The van der Waals surface area contributed by atoms with Gasteiger partial charge in [-0.1, -0.05) is 30.3 Å². The van der Waals surface area contributed by atoms with Crippen LogP contribution in [0.1, 0.15) is 38.2 Å². The molecule has 1 aromatic carbocycles. The number of benzene rings is 1. The van der Waals surface area contributed by atoms with E-state index in [2.05, 4.69) is 40.5 Å². The third kappa shape index (κ3) is 5.19. The zero-order chi connectivity index (χ0) is 17.6. The molecule has 0 bridgehead atoms. The van der Waals surface area contributed by atoms with Crippen molar-refractivity contribution in [3.05, 3.63) is 35.9 Å². The number of urea groups is 1. The van der Waals surface area contributed by atoms with Crippen LogP contribution < -0.4 is 5.32 Å². The average Bonchev–Trinajstić information content (AvgIpc) is 2.64. The van der Waals surface area contributed by atoms with Crippen molar-refractivity contribution in [2.45, 2.75) is 51.3 Å². The van der Waals surface area contributed by atoms with Gasteiger partial charge < -0.3 is 15.3 Å². The zero-order valence-corrected chi connectivity index (χ0v) is 15.2. The zero-order valence-electron chi connectivity index (χ0n) is 15.2. The average molecular weight is 345 g/mol. The number of hydrogen-bond acceptors (Lipinski definition) is 3. The highest BCUT2D eigenvalue weighted by atomic mass is 16.3. The van der Waals surface area contributed by atoms with Crippen LogP contribution in [0.25, 0.3) is 0 Å². The highest BCUT2D eigenvalue weighted by Crippen LogP contribution is 2.21. The van der Waals surface area contributed by atoms with Crippen molar-refractivity contribution in [1.82, 2.24) is 15.1 Å². The van der Waals surface area contributed by atoms with Gasteiger partial charge in [0.1, 0.15) is 0 Å². The van der Waals surface area contributed by atoms with Gasteiger partial charge in [0.2, 0.25) is 0 Å². The topological polar surface area (TPSA) is 55.8 Å². The number of carbonyl (C=O) groups excluding carboxylic acids is 1. The van der Waals surface area contributed by atoms with Gasteiger partial charge in [-0.15, -0.1) is 0 Å². The predicted octanol–water partition coefficient (Wildman–Crippen LogP) is 2.45. The van der Waals surface area contributed by atoms with Crippen molar-refractivity contribution in [1.29, 1.82) is 0 Å². The first-order valence-corrected chi connectivity index (χ1v) is 9.61. The van der Waals surface area contributed by atoms with Gasteiger partial charge in [-0.3, -0.25) is 4.90 Å². The van der Waals surface area contributed by atoms with Gasteiger partial charge in [-0.2, -0.15) is 0 Å². The lowest BCUT2D eigenvalue weighted by molar-refractivity contribution is 0.0784. The second-order valence-electron chi connectivity index (χ2n) is 7.55. The molecule has 0 radical (unpaired) electrons. The molecule has 3 rings (SSSR count). The van der Waals surface area contributed by atoms with Crippen LogP contribution in [0.3, 0.4) is 0 Å². The van der Waals surface area contributed by atoms with Crippen LogP contribution in [-0.2, 0) is 6.54 Å². The summed E-state index contributed by atoms with van der Waals surface area (Å²) >= 11 is 0. The Morgan fingerprint density at radius 2 is 1.76 bits per heavy atom. The summed E-state index contributed by atoms with van der Waals surface area (Å²) in [5, 5.41) is 12.9. The highest BCUT2D eigenvalue weighted by molar-refractivity contribution is 5.74. The third-order valence-corrected chi connectivity index (χ3v) is 5.67. The molecule has 1 atom stereocenters. The van der Waals surface area contributed by atoms with Crippen molar-refractivity contribution in [2.75, 3.05) is 26.2 Å². The fourth-order valence-electron chi connectivity index (χ4n) is 3.93. The maximum Gasteiger partial charge on any atom is 0.317 e. The molecule has 2 aliphatic rings. The van der Waals surface area contributed by atoms with Crippen molar-refractivity contribution >= 4 is 6.03 Å². The quantitative estimate of drug-likeness (QED) is 0.881. The first kappa shape index (κ1) is 18.2. The van der Waals surface area contributed by atoms with Gasteiger partial charge in [0, 0.05) is 38.8 Å². The monoisotopic (exact) mass is 345 g/mol. The Morgan fingerprint density at radius 1 is 1.12 bits per heavy atom. The molecular weight excluding hydrogens is 314 g/mol. The van der Waals surface area contributed by atoms with Crippen LogP contribution in [0.2, 0.25) is 0 Å². The maximum atomic E-state index is 12.5. The van der Waals surface area contributed by atoms with E-state index in [1.165, 1.54) is 5.56 Å². The number of piperidine rings is 2. The number of aliphatic hydroxyl groups excluding tert-OH is 1. The molecule has 2 fully saturated rings. The van der Waals surface area contributed by atoms with Gasteiger partial charge in [-0.25, -0.2) is 4.79 Å². The molecule has 0 saturated carbocycles. The first-order valence-electron chi connectivity index (χ1n) is 9.61. The summed E-state index contributed by atoms with van der Waals surface area (Å²) in [5.74, 6) is 0.338. The van der Waals surface area contributed by atoms with E-state index >= 15 is 0 Å². The molecule has 138 valence electrons. The summed E-state index contributed by atoms with van der Waals surface area (Å²) in [4.78, 5) is 16.8. The van der Waals surface area contributed by atoms with E-state index in [1.54, 1.807) is 0 Å².